The second-order valence-corrected chi connectivity index (χ2v) is 7.76. The van der Waals surface area contributed by atoms with E-state index in [1.807, 2.05) is 0 Å². The summed E-state index contributed by atoms with van der Waals surface area (Å²) in [6.45, 7) is 0.705. The number of carbonyl (C=O) groups is 2. The van der Waals surface area contributed by atoms with E-state index in [1.165, 1.54) is 24.3 Å². The lowest BCUT2D eigenvalue weighted by Gasteiger charge is -2.47. The lowest BCUT2D eigenvalue weighted by atomic mass is 9.83. The van der Waals surface area contributed by atoms with E-state index in [9.17, 15) is 31.5 Å². The van der Waals surface area contributed by atoms with Gasteiger partial charge >= 0.3 is 12.1 Å². The van der Waals surface area contributed by atoms with Crippen molar-refractivity contribution in [2.24, 2.45) is 0 Å². The number of esters is 1. The summed E-state index contributed by atoms with van der Waals surface area (Å²) in [5, 5.41) is 3.96. The van der Waals surface area contributed by atoms with Crippen LogP contribution in [0.25, 0.3) is 0 Å². The maximum atomic E-state index is 14.9. The molecular formula is C22H17F5N4O3. The number of carbonyl (C=O) groups excluding carboxylic acids is 2. The van der Waals surface area contributed by atoms with Crippen LogP contribution in [0.15, 0.2) is 55.1 Å². The molecule has 0 saturated carbocycles. The van der Waals surface area contributed by atoms with Gasteiger partial charge in [-0.05, 0) is 43.3 Å². The van der Waals surface area contributed by atoms with Crippen molar-refractivity contribution in [3.63, 3.8) is 0 Å². The molecule has 2 atom stereocenters. The van der Waals surface area contributed by atoms with Gasteiger partial charge in [0, 0.05) is 17.2 Å². The van der Waals surface area contributed by atoms with E-state index in [0.29, 0.717) is 6.07 Å². The molecule has 7 nitrogen and oxygen atoms in total. The highest BCUT2D eigenvalue weighted by atomic mass is 19.4. The SMILES string of the molecule is C[C@@H]1N(C(=O)c2ccc(C(F)(F)F)cc2)CC(=O)O[C@]1(Cn1cncn1)c1ccc(F)cc1F. The van der Waals surface area contributed by atoms with Gasteiger partial charge in [-0.2, -0.15) is 18.3 Å². The van der Waals surface area contributed by atoms with Gasteiger partial charge in [0.25, 0.3) is 5.91 Å². The molecule has 1 saturated heterocycles. The molecule has 12 heteroatoms. The molecule has 0 N–H and O–H groups in total. The molecule has 1 fully saturated rings. The van der Waals surface area contributed by atoms with E-state index in [1.54, 1.807) is 0 Å². The van der Waals surface area contributed by atoms with Crippen molar-refractivity contribution in [2.75, 3.05) is 6.54 Å². The Bertz CT molecular complexity index is 1210. The lowest BCUT2D eigenvalue weighted by Crippen LogP contribution is -2.61. The number of cyclic esters (lactones) is 1. The van der Waals surface area contributed by atoms with Gasteiger partial charge in [-0.1, -0.05) is 0 Å². The number of nitrogens with zero attached hydrogens (tertiary/aromatic N) is 4. The fourth-order valence-electron chi connectivity index (χ4n) is 3.98. The molecule has 3 aromatic rings. The van der Waals surface area contributed by atoms with Crippen molar-refractivity contribution in [2.45, 2.75) is 31.3 Å². The highest BCUT2D eigenvalue weighted by molar-refractivity contribution is 5.96. The minimum absolute atomic E-state index is 0.108. The summed E-state index contributed by atoms with van der Waals surface area (Å²) in [5.74, 6) is -3.52. The third-order valence-electron chi connectivity index (χ3n) is 5.71. The van der Waals surface area contributed by atoms with Gasteiger partial charge in [-0.25, -0.2) is 18.4 Å². The average Bonchev–Trinajstić information content (AvgIpc) is 3.28. The first kappa shape index (κ1) is 23.3. The minimum Gasteiger partial charge on any atom is -0.449 e. The summed E-state index contributed by atoms with van der Waals surface area (Å²) in [5.41, 5.74) is -3.08. The number of morpholine rings is 1. The summed E-state index contributed by atoms with van der Waals surface area (Å²) >= 11 is 0. The second kappa shape index (κ2) is 8.50. The number of hydrogen-bond acceptors (Lipinski definition) is 5. The molecule has 0 radical (unpaired) electrons. The summed E-state index contributed by atoms with van der Waals surface area (Å²) in [6.07, 6.45) is -2.09. The summed E-state index contributed by atoms with van der Waals surface area (Å²) < 4.78 is 74.1. The number of hydrogen-bond donors (Lipinski definition) is 0. The lowest BCUT2D eigenvalue weighted by molar-refractivity contribution is -0.186. The largest absolute Gasteiger partial charge is 0.449 e. The Morgan fingerprint density at radius 3 is 2.47 bits per heavy atom. The molecule has 0 bridgehead atoms. The molecule has 1 aromatic heterocycles. The van der Waals surface area contributed by atoms with Crippen molar-refractivity contribution < 1.29 is 36.3 Å². The Morgan fingerprint density at radius 2 is 1.88 bits per heavy atom. The molecule has 0 spiro atoms. The van der Waals surface area contributed by atoms with Crippen LogP contribution in [0.5, 0.6) is 0 Å². The Labute approximate surface area is 189 Å². The third-order valence-corrected chi connectivity index (χ3v) is 5.71. The second-order valence-electron chi connectivity index (χ2n) is 7.76. The Balaban J connectivity index is 1.77. The zero-order chi connectivity index (χ0) is 24.7. The average molecular weight is 480 g/mol. The van der Waals surface area contributed by atoms with Gasteiger partial charge in [0.1, 0.15) is 30.8 Å². The maximum absolute atomic E-state index is 14.9. The molecule has 1 aliphatic rings. The van der Waals surface area contributed by atoms with Crippen LogP contribution in [0.4, 0.5) is 22.0 Å². The molecule has 1 amide bonds. The fraction of sp³-hybridized carbons (Fsp3) is 0.273. The Kier molecular flexibility index (Phi) is 5.84. The number of halogens is 5. The first-order chi connectivity index (χ1) is 16.0. The highest BCUT2D eigenvalue weighted by Gasteiger charge is 2.52. The van der Waals surface area contributed by atoms with Crippen LogP contribution in [-0.2, 0) is 27.9 Å². The fourth-order valence-corrected chi connectivity index (χ4v) is 3.98. The van der Waals surface area contributed by atoms with E-state index >= 15 is 0 Å². The van der Waals surface area contributed by atoms with Crippen LogP contribution in [0.3, 0.4) is 0 Å². The molecule has 0 unspecified atom stereocenters. The number of rotatable bonds is 4. The van der Waals surface area contributed by atoms with Gasteiger partial charge < -0.3 is 9.64 Å². The predicted molar refractivity (Wildman–Crippen MR) is 106 cm³/mol. The molecule has 0 aliphatic carbocycles. The van der Waals surface area contributed by atoms with Crippen LogP contribution in [0.1, 0.15) is 28.4 Å². The van der Waals surface area contributed by atoms with Gasteiger partial charge in [0.2, 0.25) is 0 Å². The molecule has 4 rings (SSSR count). The molecule has 2 aromatic carbocycles. The van der Waals surface area contributed by atoms with Crippen LogP contribution in [0.2, 0.25) is 0 Å². The first-order valence-corrected chi connectivity index (χ1v) is 9.99. The van der Waals surface area contributed by atoms with Gasteiger partial charge in [-0.3, -0.25) is 9.59 Å². The first-order valence-electron chi connectivity index (χ1n) is 9.99. The number of ether oxygens (including phenoxy) is 1. The topological polar surface area (TPSA) is 77.3 Å². The monoisotopic (exact) mass is 480 g/mol. The van der Waals surface area contributed by atoms with Crippen molar-refractivity contribution in [3.05, 3.63) is 83.4 Å². The number of amides is 1. The molecule has 178 valence electrons. The van der Waals surface area contributed by atoms with Crippen LogP contribution in [-0.4, -0.2) is 44.1 Å². The zero-order valence-electron chi connectivity index (χ0n) is 17.6. The molecule has 1 aliphatic heterocycles. The van der Waals surface area contributed by atoms with Gasteiger partial charge in [0.15, 0.2) is 5.60 Å². The minimum atomic E-state index is -4.59. The Hall–Kier alpha value is -3.83. The smallest absolute Gasteiger partial charge is 0.416 e. The van der Waals surface area contributed by atoms with Crippen LogP contribution >= 0.6 is 0 Å². The van der Waals surface area contributed by atoms with Crippen molar-refractivity contribution in [3.8, 4) is 0 Å². The normalized spacial score (nSPS) is 20.8. The van der Waals surface area contributed by atoms with Crippen LogP contribution in [0, 0.1) is 11.6 Å². The van der Waals surface area contributed by atoms with E-state index in [4.69, 9.17) is 4.74 Å². The maximum Gasteiger partial charge on any atom is 0.416 e. The van der Waals surface area contributed by atoms with Crippen molar-refractivity contribution >= 4 is 11.9 Å². The summed E-state index contributed by atoms with van der Waals surface area (Å²) in [6, 6.07) is 5.19. The predicted octanol–water partition coefficient (Wildman–Crippen LogP) is 3.56. The van der Waals surface area contributed by atoms with Gasteiger partial charge in [0.05, 0.1) is 18.2 Å². The number of alkyl halides is 3. The molecule has 2 heterocycles. The number of aromatic nitrogens is 3. The van der Waals surface area contributed by atoms with Crippen molar-refractivity contribution in [1.29, 1.82) is 0 Å². The van der Waals surface area contributed by atoms with E-state index in [2.05, 4.69) is 10.1 Å². The molecular weight excluding hydrogens is 463 g/mol. The van der Waals surface area contributed by atoms with Crippen LogP contribution < -0.4 is 0 Å². The summed E-state index contributed by atoms with van der Waals surface area (Å²) in [4.78, 5) is 30.7. The van der Waals surface area contributed by atoms with Crippen molar-refractivity contribution in [1.82, 2.24) is 19.7 Å². The third kappa shape index (κ3) is 4.22. The zero-order valence-corrected chi connectivity index (χ0v) is 17.6. The number of benzene rings is 2. The van der Waals surface area contributed by atoms with Gasteiger partial charge in [-0.15, -0.1) is 0 Å². The highest BCUT2D eigenvalue weighted by Crippen LogP contribution is 2.40. The van der Waals surface area contributed by atoms with E-state index < -0.39 is 53.4 Å². The van der Waals surface area contributed by atoms with E-state index in [0.717, 1.165) is 41.3 Å². The Morgan fingerprint density at radius 1 is 1.18 bits per heavy atom. The van der Waals surface area contributed by atoms with E-state index in [-0.39, 0.29) is 17.7 Å². The standard InChI is InChI=1S/C22H17F5N4O3/c1-13-21(10-30-12-28-11-29-30,17-7-6-16(23)8-18(17)24)34-19(32)9-31(13)20(33)14-2-4-15(5-3-14)22(25,26)27/h2-8,11-13H,9-10H2,1H3/t13-,21-/m0/s1. The summed E-state index contributed by atoms with van der Waals surface area (Å²) in [7, 11) is 0. The quantitative estimate of drug-likeness (QED) is 0.422. The molecule has 34 heavy (non-hydrogen) atoms.